The summed E-state index contributed by atoms with van der Waals surface area (Å²) in [5.41, 5.74) is 2.58. The van der Waals surface area contributed by atoms with Gasteiger partial charge in [0.05, 0.1) is 5.69 Å². The first-order chi connectivity index (χ1) is 9.61. The van der Waals surface area contributed by atoms with Crippen LogP contribution in [0.2, 0.25) is 0 Å². The van der Waals surface area contributed by atoms with Gasteiger partial charge in [-0.15, -0.1) is 0 Å². The van der Waals surface area contributed by atoms with Crippen molar-refractivity contribution in [2.24, 2.45) is 0 Å². The molecule has 5 heteroatoms. The van der Waals surface area contributed by atoms with Gasteiger partial charge >= 0.3 is 0 Å². The Balaban J connectivity index is 2.19. The Morgan fingerprint density at radius 2 is 2.25 bits per heavy atom. The van der Waals surface area contributed by atoms with Gasteiger partial charge in [-0.3, -0.25) is 9.20 Å². The van der Waals surface area contributed by atoms with Crippen molar-refractivity contribution in [3.63, 3.8) is 0 Å². The standard InChI is InChI=1S/C15H22N4O/c1-12-6-4-9-19-14(20)10-13(17-15(12)19)11-18(3)8-5-7-16-2/h4,6,9-10,16H,5,7-8,11H2,1-3H3. The highest BCUT2D eigenvalue weighted by molar-refractivity contribution is 5.46. The van der Waals surface area contributed by atoms with Crippen LogP contribution in [0.25, 0.3) is 5.65 Å². The topological polar surface area (TPSA) is 49.6 Å². The molecule has 0 spiro atoms. The van der Waals surface area contributed by atoms with Crippen LogP contribution in [-0.4, -0.2) is 41.5 Å². The van der Waals surface area contributed by atoms with E-state index in [9.17, 15) is 4.79 Å². The van der Waals surface area contributed by atoms with E-state index in [1.165, 1.54) is 0 Å². The average molecular weight is 274 g/mol. The first kappa shape index (κ1) is 14.7. The molecule has 0 saturated heterocycles. The molecule has 0 unspecified atom stereocenters. The number of fused-ring (bicyclic) bond motifs is 1. The Kier molecular flexibility index (Phi) is 4.87. The lowest BCUT2D eigenvalue weighted by molar-refractivity contribution is 0.317. The molecule has 2 aromatic heterocycles. The van der Waals surface area contributed by atoms with Crippen LogP contribution in [0.5, 0.6) is 0 Å². The molecule has 0 aromatic carbocycles. The van der Waals surface area contributed by atoms with Gasteiger partial charge in [-0.25, -0.2) is 4.98 Å². The second kappa shape index (κ2) is 6.63. The lowest BCUT2D eigenvalue weighted by atomic mass is 10.2. The summed E-state index contributed by atoms with van der Waals surface area (Å²) in [5.74, 6) is 0. The van der Waals surface area contributed by atoms with E-state index >= 15 is 0 Å². The van der Waals surface area contributed by atoms with Crippen LogP contribution in [0, 0.1) is 6.92 Å². The Morgan fingerprint density at radius 1 is 1.45 bits per heavy atom. The monoisotopic (exact) mass is 274 g/mol. The van der Waals surface area contributed by atoms with Crippen LogP contribution in [-0.2, 0) is 6.54 Å². The van der Waals surface area contributed by atoms with Gasteiger partial charge in [0.2, 0.25) is 0 Å². The lowest BCUT2D eigenvalue weighted by Gasteiger charge is -2.16. The molecule has 1 N–H and O–H groups in total. The molecule has 0 amide bonds. The van der Waals surface area contributed by atoms with Crippen LogP contribution in [0.4, 0.5) is 0 Å². The molecule has 0 aliphatic rings. The SMILES string of the molecule is CNCCCN(C)Cc1cc(=O)n2cccc(C)c2n1. The predicted molar refractivity (Wildman–Crippen MR) is 81.1 cm³/mol. The number of aryl methyl sites for hydroxylation is 1. The van der Waals surface area contributed by atoms with Gasteiger partial charge < -0.3 is 10.2 Å². The number of nitrogens with zero attached hydrogens (tertiary/aromatic N) is 3. The molecule has 2 aromatic rings. The zero-order valence-electron chi connectivity index (χ0n) is 12.4. The second-order valence-electron chi connectivity index (χ2n) is 5.17. The molecule has 0 saturated carbocycles. The van der Waals surface area contributed by atoms with Crippen molar-refractivity contribution < 1.29 is 0 Å². The highest BCUT2D eigenvalue weighted by atomic mass is 16.1. The number of nitrogens with one attached hydrogen (secondary N) is 1. The lowest BCUT2D eigenvalue weighted by Crippen LogP contribution is -2.25. The highest BCUT2D eigenvalue weighted by Crippen LogP contribution is 2.06. The summed E-state index contributed by atoms with van der Waals surface area (Å²) in [6, 6.07) is 5.47. The molecule has 2 heterocycles. The van der Waals surface area contributed by atoms with Crippen molar-refractivity contribution in [3.05, 3.63) is 46.0 Å². The summed E-state index contributed by atoms with van der Waals surface area (Å²) in [6.07, 6.45) is 2.84. The third kappa shape index (κ3) is 3.43. The van der Waals surface area contributed by atoms with Gasteiger partial charge in [-0.05, 0) is 52.2 Å². The number of hydrogen-bond donors (Lipinski definition) is 1. The molecule has 0 radical (unpaired) electrons. The van der Waals surface area contributed by atoms with Crippen LogP contribution < -0.4 is 10.9 Å². The van der Waals surface area contributed by atoms with E-state index in [1.807, 2.05) is 26.1 Å². The van der Waals surface area contributed by atoms with Crippen molar-refractivity contribution in [2.75, 3.05) is 27.2 Å². The van der Waals surface area contributed by atoms with Crippen LogP contribution >= 0.6 is 0 Å². The van der Waals surface area contributed by atoms with E-state index in [0.717, 1.165) is 36.4 Å². The quantitative estimate of drug-likeness (QED) is 0.800. The maximum Gasteiger partial charge on any atom is 0.258 e. The number of pyridine rings is 1. The number of rotatable bonds is 6. The summed E-state index contributed by atoms with van der Waals surface area (Å²) in [6.45, 7) is 4.65. The summed E-state index contributed by atoms with van der Waals surface area (Å²) in [4.78, 5) is 18.9. The first-order valence-corrected chi connectivity index (χ1v) is 6.93. The fourth-order valence-electron chi connectivity index (χ4n) is 2.27. The van der Waals surface area contributed by atoms with Crippen molar-refractivity contribution in [3.8, 4) is 0 Å². The fourth-order valence-corrected chi connectivity index (χ4v) is 2.27. The van der Waals surface area contributed by atoms with E-state index in [0.29, 0.717) is 6.54 Å². The predicted octanol–water partition coefficient (Wildman–Crippen LogP) is 1.04. The molecule has 108 valence electrons. The van der Waals surface area contributed by atoms with Gasteiger partial charge in [0.15, 0.2) is 0 Å². The molecule has 0 fully saturated rings. The normalized spacial score (nSPS) is 11.4. The average Bonchev–Trinajstić information content (AvgIpc) is 2.40. The molecule has 2 rings (SSSR count). The minimum Gasteiger partial charge on any atom is -0.320 e. The van der Waals surface area contributed by atoms with Crippen molar-refractivity contribution in [2.45, 2.75) is 19.9 Å². The summed E-state index contributed by atoms with van der Waals surface area (Å²) < 4.78 is 1.60. The van der Waals surface area contributed by atoms with E-state index in [1.54, 1.807) is 16.7 Å². The summed E-state index contributed by atoms with van der Waals surface area (Å²) in [5, 5.41) is 3.13. The Hall–Kier alpha value is -1.72. The van der Waals surface area contributed by atoms with E-state index in [4.69, 9.17) is 0 Å². The van der Waals surface area contributed by atoms with E-state index in [2.05, 4.69) is 22.2 Å². The third-order valence-corrected chi connectivity index (χ3v) is 3.34. The smallest absolute Gasteiger partial charge is 0.258 e. The molecule has 0 atom stereocenters. The molecule has 0 bridgehead atoms. The van der Waals surface area contributed by atoms with Gasteiger partial charge in [-0.2, -0.15) is 0 Å². The fraction of sp³-hybridized carbons (Fsp3) is 0.467. The van der Waals surface area contributed by atoms with Crippen LogP contribution in [0.3, 0.4) is 0 Å². The maximum absolute atomic E-state index is 12.1. The highest BCUT2D eigenvalue weighted by Gasteiger charge is 2.06. The summed E-state index contributed by atoms with van der Waals surface area (Å²) in [7, 11) is 4.01. The van der Waals surface area contributed by atoms with Gasteiger partial charge in [-0.1, -0.05) is 6.07 Å². The molecule has 0 aliphatic heterocycles. The number of hydrogen-bond acceptors (Lipinski definition) is 4. The van der Waals surface area contributed by atoms with Gasteiger partial charge in [0.1, 0.15) is 5.65 Å². The van der Waals surface area contributed by atoms with E-state index in [-0.39, 0.29) is 5.56 Å². The zero-order chi connectivity index (χ0) is 14.5. The third-order valence-electron chi connectivity index (χ3n) is 3.34. The minimum atomic E-state index is -0.0164. The molecule has 0 aliphatic carbocycles. The summed E-state index contributed by atoms with van der Waals surface area (Å²) >= 11 is 0. The Bertz CT molecular complexity index is 635. The first-order valence-electron chi connectivity index (χ1n) is 6.93. The molecular formula is C15H22N4O. The van der Waals surface area contributed by atoms with Crippen LogP contribution in [0.15, 0.2) is 29.2 Å². The Labute approximate surface area is 119 Å². The van der Waals surface area contributed by atoms with Crippen molar-refractivity contribution >= 4 is 5.65 Å². The van der Waals surface area contributed by atoms with Crippen molar-refractivity contribution in [1.82, 2.24) is 19.6 Å². The minimum absolute atomic E-state index is 0.0164. The maximum atomic E-state index is 12.1. The Morgan fingerprint density at radius 3 is 3.00 bits per heavy atom. The molecular weight excluding hydrogens is 252 g/mol. The van der Waals surface area contributed by atoms with Gasteiger partial charge in [0.25, 0.3) is 5.56 Å². The van der Waals surface area contributed by atoms with Crippen LogP contribution in [0.1, 0.15) is 17.7 Å². The van der Waals surface area contributed by atoms with Crippen molar-refractivity contribution in [1.29, 1.82) is 0 Å². The largest absolute Gasteiger partial charge is 0.320 e. The molecule has 20 heavy (non-hydrogen) atoms. The number of aromatic nitrogens is 2. The zero-order valence-corrected chi connectivity index (χ0v) is 12.4. The van der Waals surface area contributed by atoms with Gasteiger partial charge in [0, 0.05) is 18.8 Å². The second-order valence-corrected chi connectivity index (χ2v) is 5.17. The van der Waals surface area contributed by atoms with E-state index < -0.39 is 0 Å². The molecule has 5 nitrogen and oxygen atoms in total.